The highest BCUT2D eigenvalue weighted by Crippen LogP contribution is 2.48. The molecule has 0 amide bonds. The highest BCUT2D eigenvalue weighted by molar-refractivity contribution is 5.35. The molecule has 168 valence electrons. The summed E-state index contributed by atoms with van der Waals surface area (Å²) >= 11 is 0. The Morgan fingerprint density at radius 1 is 0.719 bits per heavy atom. The minimum Gasteiger partial charge on any atom is -0.497 e. The summed E-state index contributed by atoms with van der Waals surface area (Å²) in [6, 6.07) is 26.6. The van der Waals surface area contributed by atoms with E-state index in [9.17, 15) is 5.11 Å². The molecule has 0 aromatic heterocycles. The van der Waals surface area contributed by atoms with E-state index in [1.54, 1.807) is 14.2 Å². The quantitative estimate of drug-likeness (QED) is 0.553. The van der Waals surface area contributed by atoms with Crippen molar-refractivity contribution in [1.29, 1.82) is 0 Å². The van der Waals surface area contributed by atoms with Gasteiger partial charge in [0, 0.05) is 30.3 Å². The first-order valence-electron chi connectivity index (χ1n) is 11.3. The standard InChI is InChI=1S/C28H33NO3/c1-19-26(22-10-14-24(31-3)15-11-22)29-27(23-12-16-25(32-4)17-13-23)20(2)28(19,30)18-21-8-6-5-7-9-21/h5-17,19-20,26-27,29-30H,18H2,1-4H3/t19-,20+,26+,27-,28?. The number of hydrogen-bond acceptors (Lipinski definition) is 4. The van der Waals surface area contributed by atoms with E-state index in [0.717, 1.165) is 28.2 Å². The van der Waals surface area contributed by atoms with Crippen molar-refractivity contribution in [3.05, 3.63) is 95.6 Å². The molecule has 3 aromatic carbocycles. The molecular formula is C28H33NO3. The van der Waals surface area contributed by atoms with Crippen LogP contribution in [-0.4, -0.2) is 24.9 Å². The predicted octanol–water partition coefficient (Wildman–Crippen LogP) is 5.34. The van der Waals surface area contributed by atoms with E-state index < -0.39 is 5.60 Å². The van der Waals surface area contributed by atoms with Gasteiger partial charge in [-0.05, 0) is 41.0 Å². The van der Waals surface area contributed by atoms with Crippen LogP contribution >= 0.6 is 0 Å². The van der Waals surface area contributed by atoms with E-state index >= 15 is 0 Å². The lowest BCUT2D eigenvalue weighted by molar-refractivity contribution is -0.110. The molecule has 0 radical (unpaired) electrons. The van der Waals surface area contributed by atoms with Gasteiger partial charge in [-0.15, -0.1) is 0 Å². The Morgan fingerprint density at radius 2 is 1.16 bits per heavy atom. The van der Waals surface area contributed by atoms with Crippen molar-refractivity contribution in [3.63, 3.8) is 0 Å². The lowest BCUT2D eigenvalue weighted by Gasteiger charge is -2.52. The number of piperidine rings is 1. The van der Waals surface area contributed by atoms with Crippen LogP contribution in [0, 0.1) is 11.8 Å². The Kier molecular flexibility index (Phi) is 6.54. The van der Waals surface area contributed by atoms with Gasteiger partial charge in [0.15, 0.2) is 0 Å². The summed E-state index contributed by atoms with van der Waals surface area (Å²) in [6.07, 6.45) is 0.608. The number of benzene rings is 3. The van der Waals surface area contributed by atoms with Crippen LogP contribution in [0.1, 0.15) is 42.6 Å². The second kappa shape index (κ2) is 9.35. The summed E-state index contributed by atoms with van der Waals surface area (Å²) in [5.74, 6) is 1.66. The van der Waals surface area contributed by atoms with E-state index in [2.05, 4.69) is 55.6 Å². The van der Waals surface area contributed by atoms with Crippen molar-refractivity contribution < 1.29 is 14.6 Å². The number of ether oxygens (including phenoxy) is 2. The van der Waals surface area contributed by atoms with Crippen LogP contribution in [0.5, 0.6) is 11.5 Å². The molecule has 0 aliphatic carbocycles. The fourth-order valence-corrected chi connectivity index (χ4v) is 5.11. The summed E-state index contributed by atoms with van der Waals surface area (Å²) < 4.78 is 10.7. The SMILES string of the molecule is COc1ccc([C@H]2N[C@@H](c3ccc(OC)cc3)[C@H](C)C(O)(Cc3ccccc3)[C@@H]2C)cc1. The van der Waals surface area contributed by atoms with Crippen LogP contribution in [0.25, 0.3) is 0 Å². The molecule has 1 aliphatic heterocycles. The largest absolute Gasteiger partial charge is 0.497 e. The van der Waals surface area contributed by atoms with Gasteiger partial charge in [0.25, 0.3) is 0 Å². The van der Waals surface area contributed by atoms with Crippen LogP contribution in [0.4, 0.5) is 0 Å². The maximum atomic E-state index is 12.2. The van der Waals surface area contributed by atoms with Gasteiger partial charge in [-0.1, -0.05) is 68.4 Å². The molecule has 4 nitrogen and oxygen atoms in total. The topological polar surface area (TPSA) is 50.7 Å². The Balaban J connectivity index is 1.74. The van der Waals surface area contributed by atoms with Gasteiger partial charge in [0.05, 0.1) is 19.8 Å². The normalized spacial score (nSPS) is 27.7. The molecule has 4 rings (SSSR count). The smallest absolute Gasteiger partial charge is 0.118 e. The van der Waals surface area contributed by atoms with Crippen molar-refractivity contribution in [2.45, 2.75) is 38.0 Å². The van der Waals surface area contributed by atoms with E-state index in [-0.39, 0.29) is 23.9 Å². The van der Waals surface area contributed by atoms with Crippen LogP contribution < -0.4 is 14.8 Å². The third kappa shape index (κ3) is 4.25. The zero-order chi connectivity index (χ0) is 22.7. The number of rotatable bonds is 6. The molecule has 0 bridgehead atoms. The van der Waals surface area contributed by atoms with Gasteiger partial charge in [-0.3, -0.25) is 0 Å². The van der Waals surface area contributed by atoms with Gasteiger partial charge >= 0.3 is 0 Å². The van der Waals surface area contributed by atoms with Crippen molar-refractivity contribution in [2.75, 3.05) is 14.2 Å². The van der Waals surface area contributed by atoms with E-state index in [4.69, 9.17) is 9.47 Å². The van der Waals surface area contributed by atoms with E-state index in [1.807, 2.05) is 42.5 Å². The molecule has 0 spiro atoms. The average Bonchev–Trinajstić information content (AvgIpc) is 2.84. The summed E-state index contributed by atoms with van der Waals surface area (Å²) in [7, 11) is 3.35. The van der Waals surface area contributed by atoms with Crippen molar-refractivity contribution in [1.82, 2.24) is 5.32 Å². The third-order valence-electron chi connectivity index (χ3n) is 7.22. The van der Waals surface area contributed by atoms with Crippen LogP contribution in [0.2, 0.25) is 0 Å². The predicted molar refractivity (Wildman–Crippen MR) is 128 cm³/mol. The first-order valence-corrected chi connectivity index (χ1v) is 11.3. The van der Waals surface area contributed by atoms with Crippen molar-refractivity contribution in [3.8, 4) is 11.5 Å². The summed E-state index contributed by atoms with van der Waals surface area (Å²) in [6.45, 7) is 4.32. The zero-order valence-electron chi connectivity index (χ0n) is 19.3. The number of nitrogens with one attached hydrogen (secondary N) is 1. The fraction of sp³-hybridized carbons (Fsp3) is 0.357. The average molecular weight is 432 g/mol. The monoisotopic (exact) mass is 431 g/mol. The van der Waals surface area contributed by atoms with Crippen LogP contribution in [-0.2, 0) is 6.42 Å². The number of aliphatic hydroxyl groups is 1. The minimum absolute atomic E-state index is 0.000555. The molecule has 3 aromatic rings. The Hall–Kier alpha value is -2.82. The van der Waals surface area contributed by atoms with Crippen molar-refractivity contribution >= 4 is 0 Å². The molecule has 5 atom stereocenters. The lowest BCUT2D eigenvalue weighted by Crippen LogP contribution is -2.58. The molecule has 1 unspecified atom stereocenters. The van der Waals surface area contributed by atoms with Gasteiger partial charge in [-0.2, -0.15) is 0 Å². The van der Waals surface area contributed by atoms with E-state index in [1.165, 1.54) is 0 Å². The molecule has 32 heavy (non-hydrogen) atoms. The van der Waals surface area contributed by atoms with Crippen LogP contribution in [0.15, 0.2) is 78.9 Å². The first kappa shape index (κ1) is 22.4. The first-order chi connectivity index (χ1) is 15.5. The minimum atomic E-state index is -0.887. The highest BCUT2D eigenvalue weighted by Gasteiger charge is 2.51. The van der Waals surface area contributed by atoms with Gasteiger partial charge in [0.2, 0.25) is 0 Å². The third-order valence-corrected chi connectivity index (χ3v) is 7.22. The molecule has 1 saturated heterocycles. The molecule has 1 aliphatic rings. The highest BCUT2D eigenvalue weighted by atomic mass is 16.5. The summed E-state index contributed by atoms with van der Waals surface area (Å²) in [4.78, 5) is 0. The Bertz CT molecular complexity index is 942. The summed E-state index contributed by atoms with van der Waals surface area (Å²) in [5, 5.41) is 16.1. The molecular weight excluding hydrogens is 398 g/mol. The second-order valence-electron chi connectivity index (χ2n) is 8.90. The number of hydrogen-bond donors (Lipinski definition) is 2. The Morgan fingerprint density at radius 3 is 1.56 bits per heavy atom. The van der Waals surface area contributed by atoms with Gasteiger partial charge in [-0.25, -0.2) is 0 Å². The fourth-order valence-electron chi connectivity index (χ4n) is 5.11. The second-order valence-corrected chi connectivity index (χ2v) is 8.90. The summed E-state index contributed by atoms with van der Waals surface area (Å²) in [5.41, 5.74) is 2.56. The Labute approximate surface area is 191 Å². The molecule has 4 heteroatoms. The van der Waals surface area contributed by atoms with Crippen molar-refractivity contribution in [2.24, 2.45) is 11.8 Å². The molecule has 2 N–H and O–H groups in total. The maximum absolute atomic E-state index is 12.2. The van der Waals surface area contributed by atoms with E-state index in [0.29, 0.717) is 6.42 Å². The van der Waals surface area contributed by atoms with Gasteiger partial charge in [0.1, 0.15) is 11.5 Å². The van der Waals surface area contributed by atoms with Crippen LogP contribution in [0.3, 0.4) is 0 Å². The molecule has 1 heterocycles. The number of methoxy groups -OCH3 is 2. The lowest BCUT2D eigenvalue weighted by atomic mass is 9.64. The molecule has 1 fully saturated rings. The maximum Gasteiger partial charge on any atom is 0.118 e. The molecule has 0 saturated carbocycles. The zero-order valence-corrected chi connectivity index (χ0v) is 19.3. The van der Waals surface area contributed by atoms with Gasteiger partial charge < -0.3 is 19.9 Å².